The van der Waals surface area contributed by atoms with E-state index in [2.05, 4.69) is 15.6 Å². The maximum Gasteiger partial charge on any atom is 0.257 e. The monoisotopic (exact) mass is 463 g/mol. The van der Waals surface area contributed by atoms with Crippen LogP contribution >= 0.6 is 11.3 Å². The van der Waals surface area contributed by atoms with Crippen LogP contribution in [-0.2, 0) is 16.3 Å². The molecule has 6 nitrogen and oxygen atoms in total. The number of thiazole rings is 1. The van der Waals surface area contributed by atoms with E-state index in [1.54, 1.807) is 0 Å². The molecule has 4 aromatic rings. The number of amides is 1. The second-order valence-corrected chi connectivity index (χ2v) is 11.0. The van der Waals surface area contributed by atoms with Crippen LogP contribution in [-0.4, -0.2) is 24.7 Å². The Balaban J connectivity index is 1.33. The molecule has 32 heavy (non-hydrogen) atoms. The number of fused-ring (bicyclic) bond motifs is 2. The van der Waals surface area contributed by atoms with E-state index in [0.717, 1.165) is 27.0 Å². The van der Waals surface area contributed by atoms with Crippen molar-refractivity contribution in [2.24, 2.45) is 0 Å². The molecule has 162 valence electrons. The maximum atomic E-state index is 13.1. The molecule has 1 aromatic heterocycles. The molecular formula is C24H21N3O3S2. The molecule has 2 heterocycles. The van der Waals surface area contributed by atoms with Gasteiger partial charge in [0.1, 0.15) is 5.37 Å². The molecule has 0 aliphatic carbocycles. The quantitative estimate of drug-likeness (QED) is 0.444. The molecule has 0 fully saturated rings. The Kier molecular flexibility index (Phi) is 5.19. The van der Waals surface area contributed by atoms with Crippen LogP contribution in [0.5, 0.6) is 0 Å². The molecule has 0 bridgehead atoms. The summed E-state index contributed by atoms with van der Waals surface area (Å²) in [6.45, 7) is 1.98. The van der Waals surface area contributed by atoms with Gasteiger partial charge in [-0.3, -0.25) is 10.1 Å². The fourth-order valence-corrected chi connectivity index (χ4v) is 6.41. The predicted octanol–water partition coefficient (Wildman–Crippen LogP) is 5.02. The van der Waals surface area contributed by atoms with Crippen molar-refractivity contribution in [2.75, 3.05) is 10.6 Å². The average molecular weight is 464 g/mol. The van der Waals surface area contributed by atoms with E-state index < -0.39 is 15.2 Å². The largest absolute Gasteiger partial charge is 0.369 e. The zero-order chi connectivity index (χ0) is 22.3. The smallest absolute Gasteiger partial charge is 0.257 e. The molecule has 1 unspecified atom stereocenters. The molecule has 0 spiro atoms. The van der Waals surface area contributed by atoms with E-state index in [9.17, 15) is 13.2 Å². The summed E-state index contributed by atoms with van der Waals surface area (Å²) in [7, 11) is -3.58. The first kappa shape index (κ1) is 20.7. The minimum Gasteiger partial charge on any atom is -0.369 e. The average Bonchev–Trinajstić information content (AvgIpc) is 3.22. The molecule has 3 aromatic carbocycles. The second kappa shape index (κ2) is 8.03. The number of sulfone groups is 1. The third kappa shape index (κ3) is 3.76. The molecule has 2 N–H and O–H groups in total. The topological polar surface area (TPSA) is 88.2 Å². The molecule has 1 aliphatic rings. The summed E-state index contributed by atoms with van der Waals surface area (Å²) in [5, 5.41) is 5.79. The van der Waals surface area contributed by atoms with E-state index in [0.29, 0.717) is 23.5 Å². The third-order valence-electron chi connectivity index (χ3n) is 5.67. The van der Waals surface area contributed by atoms with Gasteiger partial charge in [0.2, 0.25) is 0 Å². The molecular weight excluding hydrogens is 442 g/mol. The van der Waals surface area contributed by atoms with Crippen molar-refractivity contribution in [3.63, 3.8) is 0 Å². The zero-order valence-corrected chi connectivity index (χ0v) is 19.0. The lowest BCUT2D eigenvalue weighted by molar-refractivity contribution is 0.102. The van der Waals surface area contributed by atoms with Gasteiger partial charge in [-0.2, -0.15) is 0 Å². The van der Waals surface area contributed by atoms with Crippen LogP contribution in [0.25, 0.3) is 10.2 Å². The number of aromatic nitrogens is 1. The van der Waals surface area contributed by atoms with Gasteiger partial charge in [-0.25, -0.2) is 13.4 Å². The number of nitrogens with one attached hydrogen (secondary N) is 2. The van der Waals surface area contributed by atoms with Crippen molar-refractivity contribution in [1.29, 1.82) is 0 Å². The van der Waals surface area contributed by atoms with Crippen molar-refractivity contribution in [3.05, 3.63) is 83.4 Å². The van der Waals surface area contributed by atoms with Gasteiger partial charge in [0, 0.05) is 11.3 Å². The van der Waals surface area contributed by atoms with Crippen LogP contribution < -0.4 is 10.6 Å². The number of aryl methyl sites for hydroxylation is 2. The first-order valence-electron chi connectivity index (χ1n) is 10.3. The summed E-state index contributed by atoms with van der Waals surface area (Å²) in [6.07, 6.45) is 1.20. The van der Waals surface area contributed by atoms with Gasteiger partial charge >= 0.3 is 0 Å². The van der Waals surface area contributed by atoms with E-state index in [1.165, 1.54) is 35.6 Å². The fraction of sp³-hybridized carbons (Fsp3) is 0.167. The van der Waals surface area contributed by atoms with E-state index in [-0.39, 0.29) is 10.8 Å². The number of hydrogen-bond donors (Lipinski definition) is 2. The third-order valence-corrected chi connectivity index (χ3v) is 8.64. The Bertz CT molecular complexity index is 1430. The van der Waals surface area contributed by atoms with Crippen LogP contribution in [0.4, 0.5) is 10.8 Å². The van der Waals surface area contributed by atoms with Gasteiger partial charge in [0.25, 0.3) is 5.91 Å². The zero-order valence-electron chi connectivity index (χ0n) is 17.3. The van der Waals surface area contributed by atoms with Crippen molar-refractivity contribution in [3.8, 4) is 0 Å². The number of carbonyl (C=O) groups is 1. The predicted molar refractivity (Wildman–Crippen MR) is 128 cm³/mol. The highest BCUT2D eigenvalue weighted by Crippen LogP contribution is 2.30. The number of rotatable bonds is 4. The summed E-state index contributed by atoms with van der Waals surface area (Å²) >= 11 is 1.41. The molecule has 1 atom stereocenters. The van der Waals surface area contributed by atoms with Crippen LogP contribution in [0.3, 0.4) is 0 Å². The van der Waals surface area contributed by atoms with Crippen LogP contribution in [0.15, 0.2) is 71.6 Å². The molecule has 1 aliphatic heterocycles. The Hall–Kier alpha value is -3.23. The van der Waals surface area contributed by atoms with Crippen molar-refractivity contribution < 1.29 is 13.2 Å². The van der Waals surface area contributed by atoms with Crippen molar-refractivity contribution >= 4 is 48.1 Å². The highest BCUT2D eigenvalue weighted by atomic mass is 32.2. The number of para-hydroxylation sites is 2. The Morgan fingerprint density at radius 3 is 2.62 bits per heavy atom. The summed E-state index contributed by atoms with van der Waals surface area (Å²) in [6, 6.07) is 19.7. The van der Waals surface area contributed by atoms with Gasteiger partial charge in [-0.05, 0) is 67.3 Å². The van der Waals surface area contributed by atoms with Crippen molar-refractivity contribution in [2.45, 2.75) is 30.0 Å². The second-order valence-electron chi connectivity index (χ2n) is 7.79. The first-order valence-corrected chi connectivity index (χ1v) is 12.6. The van der Waals surface area contributed by atoms with E-state index in [1.807, 2.05) is 49.4 Å². The summed E-state index contributed by atoms with van der Waals surface area (Å²) in [5.41, 5.74) is 4.27. The lowest BCUT2D eigenvalue weighted by Crippen LogP contribution is -2.33. The van der Waals surface area contributed by atoms with Gasteiger partial charge in [-0.15, -0.1) is 0 Å². The van der Waals surface area contributed by atoms with Gasteiger partial charge in [-0.1, -0.05) is 41.7 Å². The highest BCUT2D eigenvalue weighted by Gasteiger charge is 2.30. The minimum absolute atomic E-state index is 0.196. The Morgan fingerprint density at radius 1 is 1.06 bits per heavy atom. The number of nitrogens with zero attached hydrogens (tertiary/aromatic N) is 1. The van der Waals surface area contributed by atoms with Gasteiger partial charge in [0.05, 0.1) is 15.1 Å². The Morgan fingerprint density at radius 2 is 1.84 bits per heavy atom. The molecule has 0 saturated heterocycles. The minimum atomic E-state index is -3.58. The number of anilines is 2. The molecule has 0 saturated carbocycles. The van der Waals surface area contributed by atoms with Crippen LogP contribution in [0.1, 0.15) is 27.9 Å². The Labute approximate surface area is 190 Å². The summed E-state index contributed by atoms with van der Waals surface area (Å²) in [4.78, 5) is 17.4. The normalized spacial score (nSPS) is 15.7. The fourth-order valence-electron chi connectivity index (χ4n) is 3.91. The van der Waals surface area contributed by atoms with E-state index >= 15 is 0 Å². The SMILES string of the molecule is Cc1cccc2sc(NC(=O)c3ccc(S(=O)(=O)C4CCc5ccccc5N4)cc3)nc12. The highest BCUT2D eigenvalue weighted by molar-refractivity contribution is 7.92. The maximum absolute atomic E-state index is 13.1. The standard InChI is InChI=1S/C24H21N3O3S2/c1-15-5-4-8-20-22(15)26-24(31-20)27-23(28)17-9-12-18(13-10-17)32(29,30)21-14-11-16-6-2-3-7-19(16)25-21/h2-10,12-13,21,25H,11,14H2,1H3,(H,26,27,28). The number of hydrogen-bond acceptors (Lipinski definition) is 6. The first-order chi connectivity index (χ1) is 15.4. The lowest BCUT2D eigenvalue weighted by atomic mass is 10.0. The van der Waals surface area contributed by atoms with Crippen LogP contribution in [0.2, 0.25) is 0 Å². The van der Waals surface area contributed by atoms with E-state index in [4.69, 9.17) is 0 Å². The molecule has 1 amide bonds. The van der Waals surface area contributed by atoms with Crippen molar-refractivity contribution in [1.82, 2.24) is 4.98 Å². The molecule has 0 radical (unpaired) electrons. The molecule has 5 rings (SSSR count). The number of benzene rings is 3. The summed E-state index contributed by atoms with van der Waals surface area (Å²) < 4.78 is 27.3. The van der Waals surface area contributed by atoms with Gasteiger partial charge in [0.15, 0.2) is 15.0 Å². The summed E-state index contributed by atoms with van der Waals surface area (Å²) in [5.74, 6) is -0.324. The van der Waals surface area contributed by atoms with Crippen LogP contribution in [0, 0.1) is 6.92 Å². The molecule has 8 heteroatoms. The van der Waals surface area contributed by atoms with Gasteiger partial charge < -0.3 is 5.32 Å². The lowest BCUT2D eigenvalue weighted by Gasteiger charge is -2.26. The number of carbonyl (C=O) groups excluding carboxylic acids is 1.